The molecule has 27 heavy (non-hydrogen) atoms. The number of aromatic nitrogens is 3. The Balaban J connectivity index is 1.96. The number of nitrogen functional groups attached to an aromatic ring is 1. The predicted molar refractivity (Wildman–Crippen MR) is 107 cm³/mol. The van der Waals surface area contributed by atoms with Gasteiger partial charge in [-0.1, -0.05) is 6.07 Å². The van der Waals surface area contributed by atoms with Gasteiger partial charge in [0.2, 0.25) is 5.95 Å². The molecule has 0 saturated heterocycles. The summed E-state index contributed by atoms with van der Waals surface area (Å²) >= 11 is 0. The summed E-state index contributed by atoms with van der Waals surface area (Å²) < 4.78 is 0. The number of rotatable bonds is 4. The first-order valence-electron chi connectivity index (χ1n) is 8.55. The zero-order valence-electron chi connectivity index (χ0n) is 15.5. The van der Waals surface area contributed by atoms with Crippen molar-refractivity contribution in [2.24, 2.45) is 0 Å². The highest BCUT2D eigenvalue weighted by molar-refractivity contribution is 6.04. The van der Waals surface area contributed by atoms with Crippen LogP contribution in [0.3, 0.4) is 0 Å². The molecular weight excluding hydrogens is 340 g/mol. The van der Waals surface area contributed by atoms with Crippen LogP contribution in [0.25, 0.3) is 11.3 Å². The molecule has 7 heteroatoms. The Labute approximate surface area is 158 Å². The van der Waals surface area contributed by atoms with Gasteiger partial charge in [-0.15, -0.1) is 0 Å². The van der Waals surface area contributed by atoms with Crippen molar-refractivity contribution >= 4 is 23.4 Å². The van der Waals surface area contributed by atoms with Crippen molar-refractivity contribution in [3.8, 4) is 11.3 Å². The molecule has 4 N–H and O–H groups in total. The number of carbonyl (C=O) groups is 1. The first-order chi connectivity index (χ1) is 12.8. The lowest BCUT2D eigenvalue weighted by molar-refractivity contribution is 0.102. The second-order valence-electron chi connectivity index (χ2n) is 7.15. The van der Waals surface area contributed by atoms with Gasteiger partial charge in [-0.25, -0.2) is 4.98 Å². The Bertz CT molecular complexity index is 950. The summed E-state index contributed by atoms with van der Waals surface area (Å²) in [5.74, 6) is 0.541. The SMILES string of the molecule is CC(C)(C)Nc1nc(NC(=O)c2cccc(N)c2)cc(-c2ccncc2)n1. The van der Waals surface area contributed by atoms with E-state index in [0.29, 0.717) is 28.7 Å². The molecule has 0 bridgehead atoms. The number of hydrogen-bond acceptors (Lipinski definition) is 6. The molecule has 2 aromatic heterocycles. The molecular formula is C20H22N6O. The van der Waals surface area contributed by atoms with Crippen molar-refractivity contribution in [3.05, 3.63) is 60.4 Å². The number of amides is 1. The maximum Gasteiger partial charge on any atom is 0.256 e. The van der Waals surface area contributed by atoms with Crippen molar-refractivity contribution in [3.63, 3.8) is 0 Å². The highest BCUT2D eigenvalue weighted by atomic mass is 16.1. The Morgan fingerprint density at radius 2 is 1.78 bits per heavy atom. The number of benzene rings is 1. The third-order valence-electron chi connectivity index (χ3n) is 3.58. The Hall–Kier alpha value is -3.48. The quantitative estimate of drug-likeness (QED) is 0.613. The summed E-state index contributed by atoms with van der Waals surface area (Å²) in [5, 5.41) is 6.07. The predicted octanol–water partition coefficient (Wildman–Crippen LogP) is 3.58. The van der Waals surface area contributed by atoms with Crippen LogP contribution in [0.5, 0.6) is 0 Å². The van der Waals surface area contributed by atoms with Crippen LogP contribution < -0.4 is 16.4 Å². The summed E-state index contributed by atoms with van der Waals surface area (Å²) in [5.41, 5.74) is 8.08. The molecule has 2 heterocycles. The second kappa shape index (κ2) is 7.41. The molecule has 0 spiro atoms. The molecule has 0 atom stereocenters. The monoisotopic (exact) mass is 362 g/mol. The standard InChI is InChI=1S/C20H22N6O/c1-20(2,3)26-19-23-16(13-7-9-22-10-8-13)12-17(25-19)24-18(27)14-5-4-6-15(21)11-14/h4-12H,21H2,1-3H3,(H2,23,24,25,26,27). The van der Waals surface area contributed by atoms with E-state index in [4.69, 9.17) is 5.73 Å². The molecule has 1 aromatic carbocycles. The fourth-order valence-corrected chi connectivity index (χ4v) is 2.44. The zero-order chi connectivity index (χ0) is 19.4. The molecule has 3 aromatic rings. The lowest BCUT2D eigenvalue weighted by atomic mass is 10.1. The van der Waals surface area contributed by atoms with Crippen LogP contribution in [-0.2, 0) is 0 Å². The molecule has 0 saturated carbocycles. The Kier molecular flexibility index (Phi) is 5.03. The van der Waals surface area contributed by atoms with Crippen molar-refractivity contribution in [2.45, 2.75) is 26.3 Å². The van der Waals surface area contributed by atoms with Crippen LogP contribution in [0, 0.1) is 0 Å². The van der Waals surface area contributed by atoms with E-state index < -0.39 is 0 Å². The summed E-state index contributed by atoms with van der Waals surface area (Å²) in [7, 11) is 0. The third-order valence-corrected chi connectivity index (χ3v) is 3.58. The van der Waals surface area contributed by atoms with Crippen LogP contribution in [0.1, 0.15) is 31.1 Å². The summed E-state index contributed by atoms with van der Waals surface area (Å²) in [4.78, 5) is 25.6. The van der Waals surface area contributed by atoms with Crippen LogP contribution in [0.15, 0.2) is 54.9 Å². The average Bonchev–Trinajstić information content (AvgIpc) is 2.61. The van der Waals surface area contributed by atoms with Gasteiger partial charge in [-0.3, -0.25) is 9.78 Å². The molecule has 0 unspecified atom stereocenters. The van der Waals surface area contributed by atoms with Gasteiger partial charge in [0.1, 0.15) is 5.82 Å². The number of nitrogens with two attached hydrogens (primary N) is 1. The second-order valence-corrected chi connectivity index (χ2v) is 7.15. The van der Waals surface area contributed by atoms with Crippen LogP contribution >= 0.6 is 0 Å². The lowest BCUT2D eigenvalue weighted by Crippen LogP contribution is -2.27. The minimum absolute atomic E-state index is 0.230. The molecule has 3 rings (SSSR count). The fraction of sp³-hybridized carbons (Fsp3) is 0.200. The number of nitrogens with one attached hydrogen (secondary N) is 2. The van der Waals surface area contributed by atoms with Gasteiger partial charge in [0, 0.05) is 40.8 Å². The minimum Gasteiger partial charge on any atom is -0.399 e. The number of nitrogens with zero attached hydrogens (tertiary/aromatic N) is 3. The van der Waals surface area contributed by atoms with Crippen LogP contribution in [0.4, 0.5) is 17.5 Å². The van der Waals surface area contributed by atoms with E-state index in [0.717, 1.165) is 5.56 Å². The van der Waals surface area contributed by atoms with E-state index >= 15 is 0 Å². The molecule has 0 aliphatic heterocycles. The van der Waals surface area contributed by atoms with Crippen LogP contribution in [-0.4, -0.2) is 26.4 Å². The molecule has 0 radical (unpaired) electrons. The van der Waals surface area contributed by atoms with Gasteiger partial charge >= 0.3 is 0 Å². The number of anilines is 3. The minimum atomic E-state index is -0.289. The number of pyridine rings is 1. The van der Waals surface area contributed by atoms with E-state index in [1.165, 1.54) is 0 Å². The van der Waals surface area contributed by atoms with Crippen molar-refractivity contribution in [2.75, 3.05) is 16.4 Å². The van der Waals surface area contributed by atoms with Crippen LogP contribution in [0.2, 0.25) is 0 Å². The largest absolute Gasteiger partial charge is 0.399 e. The average molecular weight is 362 g/mol. The van der Waals surface area contributed by atoms with Gasteiger partial charge in [-0.05, 0) is 51.1 Å². The van der Waals surface area contributed by atoms with E-state index in [1.807, 2.05) is 32.9 Å². The highest BCUT2D eigenvalue weighted by Gasteiger charge is 2.15. The molecule has 0 aliphatic carbocycles. The number of hydrogen-bond donors (Lipinski definition) is 3. The summed E-state index contributed by atoms with van der Waals surface area (Å²) in [6.07, 6.45) is 3.39. The maximum absolute atomic E-state index is 12.6. The topological polar surface area (TPSA) is 106 Å². The van der Waals surface area contributed by atoms with Gasteiger partial charge in [0.05, 0.1) is 5.69 Å². The van der Waals surface area contributed by atoms with Crippen molar-refractivity contribution in [1.29, 1.82) is 0 Å². The van der Waals surface area contributed by atoms with E-state index in [2.05, 4.69) is 25.6 Å². The first-order valence-corrected chi connectivity index (χ1v) is 8.55. The number of carbonyl (C=O) groups excluding carboxylic acids is 1. The van der Waals surface area contributed by atoms with Gasteiger partial charge in [0.15, 0.2) is 0 Å². The van der Waals surface area contributed by atoms with Gasteiger partial charge in [0.25, 0.3) is 5.91 Å². The molecule has 0 fully saturated rings. The Morgan fingerprint density at radius 1 is 1.04 bits per heavy atom. The lowest BCUT2D eigenvalue weighted by Gasteiger charge is -2.21. The highest BCUT2D eigenvalue weighted by Crippen LogP contribution is 2.23. The molecule has 0 aliphatic rings. The summed E-state index contributed by atoms with van der Waals surface area (Å²) in [6.45, 7) is 6.04. The summed E-state index contributed by atoms with van der Waals surface area (Å²) in [6, 6.07) is 12.2. The molecule has 7 nitrogen and oxygen atoms in total. The molecule has 138 valence electrons. The van der Waals surface area contributed by atoms with E-state index in [-0.39, 0.29) is 11.4 Å². The third kappa shape index (κ3) is 5.01. The van der Waals surface area contributed by atoms with Gasteiger partial charge in [-0.2, -0.15) is 4.98 Å². The van der Waals surface area contributed by atoms with E-state index in [9.17, 15) is 4.79 Å². The Morgan fingerprint density at radius 3 is 2.44 bits per heavy atom. The van der Waals surface area contributed by atoms with Gasteiger partial charge < -0.3 is 16.4 Å². The van der Waals surface area contributed by atoms with E-state index in [1.54, 1.807) is 42.7 Å². The molecule has 1 amide bonds. The first kappa shape index (κ1) is 18.3. The zero-order valence-corrected chi connectivity index (χ0v) is 15.5. The van der Waals surface area contributed by atoms with Crippen molar-refractivity contribution < 1.29 is 4.79 Å². The maximum atomic E-state index is 12.6. The van der Waals surface area contributed by atoms with Crippen molar-refractivity contribution in [1.82, 2.24) is 15.0 Å². The fourth-order valence-electron chi connectivity index (χ4n) is 2.44. The smallest absolute Gasteiger partial charge is 0.256 e. The normalized spacial score (nSPS) is 11.1.